The Balaban J connectivity index is 4.14. The van der Waals surface area contributed by atoms with E-state index in [4.69, 9.17) is 20.0 Å². The first-order valence-electron chi connectivity index (χ1n) is 4.13. The van der Waals surface area contributed by atoms with E-state index >= 15 is 0 Å². The van der Waals surface area contributed by atoms with Gasteiger partial charge in [0.25, 0.3) is 0 Å². The summed E-state index contributed by atoms with van der Waals surface area (Å²) in [5.41, 5.74) is 0. The Kier molecular flexibility index (Phi) is 5.91. The van der Waals surface area contributed by atoms with Gasteiger partial charge in [-0.3, -0.25) is 14.2 Å². The van der Waals surface area contributed by atoms with E-state index in [1.54, 1.807) is 0 Å². The highest BCUT2D eigenvalue weighted by Gasteiger charge is 2.19. The van der Waals surface area contributed by atoms with Crippen LogP contribution in [0.15, 0.2) is 11.9 Å². The maximum Gasteiger partial charge on any atom is 0.348 e. The van der Waals surface area contributed by atoms with Gasteiger partial charge in [0.1, 0.15) is 6.04 Å². The number of rotatable bonds is 7. The highest BCUT2D eigenvalue weighted by molar-refractivity contribution is 7.55. The number of carboxylic acids is 2. The van der Waals surface area contributed by atoms with Crippen LogP contribution in [0.4, 0.5) is 0 Å². The summed E-state index contributed by atoms with van der Waals surface area (Å²) >= 11 is 0. The topological polar surface area (TPSA) is 144 Å². The van der Waals surface area contributed by atoms with Crippen molar-refractivity contribution in [3.05, 3.63) is 11.9 Å². The monoisotopic (exact) mass is 253 g/mol. The molecule has 92 valence electrons. The predicted octanol–water partition coefficient (Wildman–Crippen LogP) is -0.805. The number of nitrogens with one attached hydrogen (secondary N) is 1. The zero-order chi connectivity index (χ0) is 12.8. The summed E-state index contributed by atoms with van der Waals surface area (Å²) in [6, 6.07) is -1.29. The normalized spacial score (nSPS) is 13.9. The van der Waals surface area contributed by atoms with Crippen LogP contribution in [0.5, 0.6) is 0 Å². The first kappa shape index (κ1) is 14.8. The molecule has 0 aromatic heterocycles. The molecule has 0 amide bonds. The van der Waals surface area contributed by atoms with Gasteiger partial charge in [0.15, 0.2) is 0 Å². The van der Waals surface area contributed by atoms with E-state index in [0.717, 1.165) is 6.08 Å². The summed E-state index contributed by atoms with van der Waals surface area (Å²) in [5.74, 6) is -2.01. The molecule has 8 nitrogen and oxygen atoms in total. The van der Waals surface area contributed by atoms with Crippen molar-refractivity contribution in [1.82, 2.24) is 5.32 Å². The molecule has 0 saturated heterocycles. The lowest BCUT2D eigenvalue weighted by atomic mass is 10.2. The Morgan fingerprint density at radius 3 is 2.25 bits per heavy atom. The molecule has 0 aromatic rings. The van der Waals surface area contributed by atoms with Crippen LogP contribution in [0.2, 0.25) is 0 Å². The number of hydrogen-bond acceptors (Lipinski definition) is 4. The fourth-order valence-electron chi connectivity index (χ4n) is 0.822. The van der Waals surface area contributed by atoms with Crippen LogP contribution in [0.25, 0.3) is 0 Å². The van der Waals surface area contributed by atoms with Gasteiger partial charge in [-0.1, -0.05) is 6.08 Å². The van der Waals surface area contributed by atoms with E-state index in [2.05, 4.69) is 5.32 Å². The number of aliphatic carboxylic acids is 2. The first-order chi connectivity index (χ1) is 7.22. The van der Waals surface area contributed by atoms with Crippen LogP contribution in [0, 0.1) is 0 Å². The van der Waals surface area contributed by atoms with E-state index in [9.17, 15) is 14.2 Å². The molecule has 16 heavy (non-hydrogen) atoms. The molecule has 5 N–H and O–H groups in total. The third-order valence-corrected chi connectivity index (χ3v) is 2.06. The van der Waals surface area contributed by atoms with Gasteiger partial charge in [-0.25, -0.2) is 0 Å². The molecule has 0 bridgehead atoms. The molecule has 0 rings (SSSR count). The summed E-state index contributed by atoms with van der Waals surface area (Å²) in [7, 11) is -4.26. The number of carboxylic acid groups (broad SMARTS) is 2. The number of hydrogen-bond donors (Lipinski definition) is 5. The van der Waals surface area contributed by atoms with Crippen LogP contribution in [0.1, 0.15) is 6.42 Å². The van der Waals surface area contributed by atoms with Crippen molar-refractivity contribution in [1.29, 1.82) is 0 Å². The standard InChI is InChI=1S/C7H12NO7P/c9-6(10)4-5(7(11)12)8-2-1-3-16(13,14)15/h1,3,5,8H,2,4H2,(H,9,10)(H,11,12)(H2,13,14,15)/t5-/m0/s1. The van der Waals surface area contributed by atoms with E-state index < -0.39 is 32.0 Å². The molecule has 0 fully saturated rings. The van der Waals surface area contributed by atoms with E-state index in [1.165, 1.54) is 0 Å². The molecule has 0 radical (unpaired) electrons. The minimum Gasteiger partial charge on any atom is -0.481 e. The lowest BCUT2D eigenvalue weighted by Crippen LogP contribution is -2.38. The van der Waals surface area contributed by atoms with Gasteiger partial charge in [-0.05, 0) is 0 Å². The highest BCUT2D eigenvalue weighted by atomic mass is 31.2. The molecule has 0 aromatic carbocycles. The smallest absolute Gasteiger partial charge is 0.348 e. The zero-order valence-electron chi connectivity index (χ0n) is 8.11. The van der Waals surface area contributed by atoms with Crippen LogP contribution < -0.4 is 5.32 Å². The third kappa shape index (κ3) is 8.13. The fraction of sp³-hybridized carbons (Fsp3) is 0.429. The Bertz CT molecular complexity index is 334. The molecular weight excluding hydrogens is 241 g/mol. The Morgan fingerprint density at radius 1 is 1.31 bits per heavy atom. The quantitative estimate of drug-likeness (QED) is 0.371. The Labute approximate surface area is 90.8 Å². The minimum atomic E-state index is -4.26. The maximum absolute atomic E-state index is 10.5. The zero-order valence-corrected chi connectivity index (χ0v) is 9.00. The van der Waals surface area contributed by atoms with Gasteiger partial charge in [0.2, 0.25) is 0 Å². The first-order valence-corrected chi connectivity index (χ1v) is 5.81. The molecule has 1 atom stereocenters. The average Bonchev–Trinajstić information content (AvgIpc) is 2.07. The van der Waals surface area contributed by atoms with Crippen molar-refractivity contribution in [2.45, 2.75) is 12.5 Å². The van der Waals surface area contributed by atoms with E-state index in [-0.39, 0.29) is 6.54 Å². The van der Waals surface area contributed by atoms with E-state index in [0.29, 0.717) is 5.82 Å². The molecule has 0 spiro atoms. The lowest BCUT2D eigenvalue weighted by molar-refractivity contribution is -0.145. The van der Waals surface area contributed by atoms with Gasteiger partial charge in [-0.15, -0.1) is 0 Å². The Hall–Kier alpha value is -1.21. The second kappa shape index (κ2) is 6.39. The van der Waals surface area contributed by atoms with Gasteiger partial charge >= 0.3 is 19.5 Å². The van der Waals surface area contributed by atoms with Gasteiger partial charge in [-0.2, -0.15) is 0 Å². The molecule has 0 unspecified atom stereocenters. The van der Waals surface area contributed by atoms with Gasteiger partial charge in [0.05, 0.1) is 6.42 Å². The van der Waals surface area contributed by atoms with Crippen molar-refractivity contribution in [2.75, 3.05) is 6.54 Å². The van der Waals surface area contributed by atoms with Crippen molar-refractivity contribution >= 4 is 19.5 Å². The fourth-order valence-corrected chi connectivity index (χ4v) is 1.20. The molecule has 9 heteroatoms. The predicted molar refractivity (Wildman–Crippen MR) is 52.9 cm³/mol. The van der Waals surface area contributed by atoms with Crippen molar-refractivity contribution in [2.24, 2.45) is 0 Å². The summed E-state index contributed by atoms with van der Waals surface area (Å²) < 4.78 is 10.4. The average molecular weight is 253 g/mol. The van der Waals surface area contributed by atoms with E-state index in [1.807, 2.05) is 0 Å². The molecule has 0 saturated carbocycles. The largest absolute Gasteiger partial charge is 0.481 e. The summed E-state index contributed by atoms with van der Waals surface area (Å²) in [6.45, 7) is -0.143. The van der Waals surface area contributed by atoms with Crippen LogP contribution in [-0.4, -0.2) is 44.5 Å². The van der Waals surface area contributed by atoms with Crippen molar-refractivity contribution in [3.8, 4) is 0 Å². The summed E-state index contributed by atoms with van der Waals surface area (Å²) in [6.07, 6.45) is 0.428. The SMILES string of the molecule is O=C(O)C[C@H](NCC=CP(=O)(O)O)C(=O)O. The molecule has 0 aliphatic carbocycles. The third-order valence-electron chi connectivity index (χ3n) is 1.46. The number of carbonyl (C=O) groups is 2. The van der Waals surface area contributed by atoms with Crippen LogP contribution in [0.3, 0.4) is 0 Å². The lowest BCUT2D eigenvalue weighted by Gasteiger charge is -2.09. The summed E-state index contributed by atoms with van der Waals surface area (Å²) in [5, 5.41) is 19.3. The summed E-state index contributed by atoms with van der Waals surface area (Å²) in [4.78, 5) is 37.6. The highest BCUT2D eigenvalue weighted by Crippen LogP contribution is 2.35. The molecule has 0 heterocycles. The minimum absolute atomic E-state index is 0.143. The van der Waals surface area contributed by atoms with Crippen LogP contribution >= 0.6 is 7.60 Å². The molecule has 0 aliphatic heterocycles. The van der Waals surface area contributed by atoms with Gasteiger partial charge < -0.3 is 25.3 Å². The Morgan fingerprint density at radius 2 is 1.88 bits per heavy atom. The second-order valence-electron chi connectivity index (χ2n) is 2.87. The molecular formula is C7H12NO7P. The molecule has 0 aliphatic rings. The van der Waals surface area contributed by atoms with Crippen molar-refractivity contribution in [3.63, 3.8) is 0 Å². The van der Waals surface area contributed by atoms with Crippen LogP contribution in [-0.2, 0) is 14.2 Å². The second-order valence-corrected chi connectivity index (χ2v) is 4.35. The van der Waals surface area contributed by atoms with Gasteiger partial charge in [0, 0.05) is 12.4 Å². The van der Waals surface area contributed by atoms with Crippen molar-refractivity contribution < 1.29 is 34.2 Å². The maximum atomic E-state index is 10.5.